The molecule has 2 heterocycles. The zero-order chi connectivity index (χ0) is 19.2. The van der Waals surface area contributed by atoms with Gasteiger partial charge in [-0.25, -0.2) is 0 Å². The first kappa shape index (κ1) is 19.9. The summed E-state index contributed by atoms with van der Waals surface area (Å²) in [5, 5.41) is 3.10. The summed E-state index contributed by atoms with van der Waals surface area (Å²) < 4.78 is 6.32. The summed E-state index contributed by atoms with van der Waals surface area (Å²) in [4.78, 5) is 15.2. The number of amides is 1. The number of likely N-dealkylation sites (tertiary alicyclic amines) is 1. The van der Waals surface area contributed by atoms with Crippen molar-refractivity contribution in [2.45, 2.75) is 82.4 Å². The van der Waals surface area contributed by atoms with Crippen molar-refractivity contribution in [3.05, 3.63) is 35.9 Å². The Morgan fingerprint density at radius 2 is 1.82 bits per heavy atom. The van der Waals surface area contributed by atoms with Crippen LogP contribution in [0.15, 0.2) is 30.3 Å². The van der Waals surface area contributed by atoms with Gasteiger partial charge < -0.3 is 15.0 Å². The molecule has 28 heavy (non-hydrogen) atoms. The summed E-state index contributed by atoms with van der Waals surface area (Å²) in [6, 6.07) is 11.0. The molecular weight excluding hydrogens is 348 g/mol. The first-order valence-electron chi connectivity index (χ1n) is 11.4. The first-order chi connectivity index (χ1) is 13.7. The molecule has 1 aromatic rings. The summed E-state index contributed by atoms with van der Waals surface area (Å²) in [7, 11) is 0. The van der Waals surface area contributed by atoms with Crippen LogP contribution in [0.2, 0.25) is 0 Å². The average molecular weight is 385 g/mol. The third-order valence-corrected chi connectivity index (χ3v) is 7.20. The fraction of sp³-hybridized carbons (Fsp3) is 0.708. The number of rotatable bonds is 5. The molecule has 2 saturated heterocycles. The van der Waals surface area contributed by atoms with Crippen molar-refractivity contribution in [1.29, 1.82) is 0 Å². The molecule has 0 bridgehead atoms. The van der Waals surface area contributed by atoms with Crippen LogP contribution in [0, 0.1) is 5.92 Å². The van der Waals surface area contributed by atoms with Crippen molar-refractivity contribution in [2.24, 2.45) is 5.92 Å². The number of benzene rings is 1. The fourth-order valence-electron chi connectivity index (χ4n) is 5.53. The number of hydrogen-bond donors (Lipinski definition) is 1. The Hall–Kier alpha value is -1.39. The minimum absolute atomic E-state index is 0.0355. The molecule has 4 rings (SSSR count). The summed E-state index contributed by atoms with van der Waals surface area (Å²) in [6.07, 6.45) is 12.0. The largest absolute Gasteiger partial charge is 0.375 e. The van der Waals surface area contributed by atoms with Gasteiger partial charge in [-0.15, -0.1) is 0 Å². The number of ether oxygens (including phenoxy) is 1. The Morgan fingerprint density at radius 3 is 2.57 bits per heavy atom. The van der Waals surface area contributed by atoms with E-state index in [1.54, 1.807) is 0 Å². The van der Waals surface area contributed by atoms with Crippen molar-refractivity contribution < 1.29 is 9.53 Å². The molecule has 3 fully saturated rings. The van der Waals surface area contributed by atoms with E-state index >= 15 is 0 Å². The Kier molecular flexibility index (Phi) is 6.69. The number of carbonyl (C=O) groups is 1. The van der Waals surface area contributed by atoms with Crippen LogP contribution in [0.5, 0.6) is 0 Å². The van der Waals surface area contributed by atoms with Gasteiger partial charge in [0.2, 0.25) is 5.91 Å². The van der Waals surface area contributed by atoms with Gasteiger partial charge >= 0.3 is 0 Å². The van der Waals surface area contributed by atoms with Crippen LogP contribution in [0.1, 0.15) is 69.8 Å². The highest BCUT2D eigenvalue weighted by Gasteiger charge is 2.41. The van der Waals surface area contributed by atoms with E-state index in [-0.39, 0.29) is 11.5 Å². The second-order valence-corrected chi connectivity index (χ2v) is 9.18. The second kappa shape index (κ2) is 9.41. The normalized spacial score (nSPS) is 26.2. The lowest BCUT2D eigenvalue weighted by atomic mass is 9.77. The van der Waals surface area contributed by atoms with Crippen molar-refractivity contribution in [3.8, 4) is 0 Å². The van der Waals surface area contributed by atoms with Crippen molar-refractivity contribution in [1.82, 2.24) is 10.2 Å². The maximum absolute atomic E-state index is 12.5. The van der Waals surface area contributed by atoms with Gasteiger partial charge in [0.05, 0.1) is 5.60 Å². The number of nitrogens with one attached hydrogen (secondary N) is 1. The monoisotopic (exact) mass is 384 g/mol. The predicted molar refractivity (Wildman–Crippen MR) is 112 cm³/mol. The lowest BCUT2D eigenvalue weighted by molar-refractivity contribution is -0.138. The Balaban J connectivity index is 1.23. The predicted octanol–water partition coefficient (Wildman–Crippen LogP) is 4.29. The highest BCUT2D eigenvalue weighted by atomic mass is 16.5. The smallest absolute Gasteiger partial charge is 0.220 e. The number of nitrogens with zero attached hydrogens (tertiary/aromatic N) is 1. The molecule has 3 aliphatic rings. The molecule has 1 atom stereocenters. The lowest BCUT2D eigenvalue weighted by Crippen LogP contribution is -2.52. The van der Waals surface area contributed by atoms with E-state index in [0.29, 0.717) is 18.9 Å². The molecule has 154 valence electrons. The molecule has 0 radical (unpaired) electrons. The molecular formula is C24H36N2O2. The minimum atomic E-state index is 0.0355. The second-order valence-electron chi connectivity index (χ2n) is 9.18. The van der Waals surface area contributed by atoms with Crippen LogP contribution in [0.3, 0.4) is 0 Å². The van der Waals surface area contributed by atoms with Crippen molar-refractivity contribution in [3.63, 3.8) is 0 Å². The van der Waals surface area contributed by atoms with E-state index in [1.807, 2.05) is 18.2 Å². The lowest BCUT2D eigenvalue weighted by Gasteiger charge is -2.48. The van der Waals surface area contributed by atoms with Crippen LogP contribution in [0.25, 0.3) is 0 Å². The topological polar surface area (TPSA) is 41.6 Å². The number of hydrogen-bond acceptors (Lipinski definition) is 3. The zero-order valence-corrected chi connectivity index (χ0v) is 17.2. The summed E-state index contributed by atoms with van der Waals surface area (Å²) in [5.41, 5.74) is 1.20. The molecule has 1 N–H and O–H groups in total. The Morgan fingerprint density at radius 1 is 1.07 bits per heavy atom. The number of piperidine rings is 1. The molecule has 1 saturated carbocycles. The van der Waals surface area contributed by atoms with Gasteiger partial charge in [0.25, 0.3) is 0 Å². The third-order valence-electron chi connectivity index (χ3n) is 7.20. The minimum Gasteiger partial charge on any atom is -0.375 e. The first-order valence-corrected chi connectivity index (χ1v) is 11.4. The van der Waals surface area contributed by atoms with Gasteiger partial charge in [-0.1, -0.05) is 49.6 Å². The van der Waals surface area contributed by atoms with Crippen LogP contribution in [0.4, 0.5) is 0 Å². The zero-order valence-electron chi connectivity index (χ0n) is 17.2. The maximum Gasteiger partial charge on any atom is 0.220 e. The quantitative estimate of drug-likeness (QED) is 0.823. The van der Waals surface area contributed by atoms with Gasteiger partial charge in [0.15, 0.2) is 0 Å². The standard InChI is InChI=1S/C24H36N2O2/c27-23(25-19-20-7-3-1-4-8-20)17-21-11-16-28-24(18-21)12-14-26(15-13-24)22-9-5-2-6-10-22/h1,3-4,7-8,21-22H,2,5-6,9-19H2,(H,25,27). The molecule has 1 aromatic carbocycles. The van der Waals surface area contributed by atoms with Gasteiger partial charge in [-0.3, -0.25) is 4.79 Å². The van der Waals surface area contributed by atoms with Crippen LogP contribution in [-0.2, 0) is 16.1 Å². The molecule has 1 spiro atoms. The van der Waals surface area contributed by atoms with E-state index < -0.39 is 0 Å². The molecule has 4 heteroatoms. The highest BCUT2D eigenvalue weighted by Crippen LogP contribution is 2.40. The molecule has 2 aliphatic heterocycles. The Bertz CT molecular complexity index is 619. The van der Waals surface area contributed by atoms with Crippen LogP contribution >= 0.6 is 0 Å². The average Bonchev–Trinajstić information content (AvgIpc) is 2.74. The molecule has 1 amide bonds. The van der Waals surface area contributed by atoms with Gasteiger partial charge in [-0.05, 0) is 50.0 Å². The molecule has 0 aromatic heterocycles. The SMILES string of the molecule is O=C(CC1CCOC2(CCN(C3CCCCC3)CC2)C1)NCc1ccccc1. The Labute approximate surface area is 170 Å². The van der Waals surface area contributed by atoms with Gasteiger partial charge in [-0.2, -0.15) is 0 Å². The van der Waals surface area contributed by atoms with E-state index in [9.17, 15) is 4.79 Å². The van der Waals surface area contributed by atoms with Crippen LogP contribution in [-0.4, -0.2) is 42.1 Å². The van der Waals surface area contributed by atoms with E-state index in [1.165, 1.54) is 45.2 Å². The third kappa shape index (κ3) is 5.15. The maximum atomic E-state index is 12.5. The summed E-state index contributed by atoms with van der Waals surface area (Å²) in [6.45, 7) is 3.81. The molecule has 1 aliphatic carbocycles. The molecule has 1 unspecified atom stereocenters. The van der Waals surface area contributed by atoms with Crippen molar-refractivity contribution in [2.75, 3.05) is 19.7 Å². The highest BCUT2D eigenvalue weighted by molar-refractivity contribution is 5.76. The van der Waals surface area contributed by atoms with E-state index in [4.69, 9.17) is 4.74 Å². The van der Waals surface area contributed by atoms with Gasteiger partial charge in [0, 0.05) is 38.7 Å². The summed E-state index contributed by atoms with van der Waals surface area (Å²) in [5.74, 6) is 0.649. The van der Waals surface area contributed by atoms with Crippen molar-refractivity contribution >= 4 is 5.91 Å². The fourth-order valence-corrected chi connectivity index (χ4v) is 5.53. The van der Waals surface area contributed by atoms with Gasteiger partial charge in [0.1, 0.15) is 0 Å². The number of carbonyl (C=O) groups excluding carboxylic acids is 1. The molecule has 4 nitrogen and oxygen atoms in total. The van der Waals surface area contributed by atoms with E-state index in [2.05, 4.69) is 22.3 Å². The van der Waals surface area contributed by atoms with Crippen LogP contribution < -0.4 is 5.32 Å². The summed E-state index contributed by atoms with van der Waals surface area (Å²) >= 11 is 0. The van der Waals surface area contributed by atoms with E-state index in [0.717, 1.165) is 43.9 Å².